The Morgan fingerprint density at radius 2 is 0.818 bits per heavy atom. The summed E-state index contributed by atoms with van der Waals surface area (Å²) in [6.07, 6.45) is 2.58. The minimum Gasteiger partial charge on any atom is -0.0628 e. The first-order chi connectivity index (χ1) is 10.2. The fourth-order valence-electron chi connectivity index (χ4n) is 3.59. The highest BCUT2D eigenvalue weighted by Gasteiger charge is 2.20. The highest BCUT2D eigenvalue weighted by atomic mass is 14.2. The Morgan fingerprint density at radius 1 is 0.545 bits per heavy atom. The second kappa shape index (κ2) is 8.75. The Balaban J connectivity index is 2.96. The smallest absolute Gasteiger partial charge is 0.0136 e. The quantitative estimate of drug-likeness (QED) is 0.474. The van der Waals surface area contributed by atoms with Crippen molar-refractivity contribution in [1.82, 2.24) is 0 Å². The van der Waals surface area contributed by atoms with Gasteiger partial charge in [-0.25, -0.2) is 0 Å². The number of hydrogen-bond acceptors (Lipinski definition) is 0. The van der Waals surface area contributed by atoms with E-state index in [0.29, 0.717) is 23.7 Å². The molecule has 0 radical (unpaired) electrons. The molecule has 0 saturated carbocycles. The van der Waals surface area contributed by atoms with E-state index in [1.807, 2.05) is 0 Å². The van der Waals surface area contributed by atoms with Gasteiger partial charge in [-0.2, -0.15) is 0 Å². The molecular weight excluding hydrogens is 264 g/mol. The molecule has 0 aromatic heterocycles. The van der Waals surface area contributed by atoms with Crippen LogP contribution in [0.1, 0.15) is 91.2 Å². The fraction of sp³-hybridized carbons (Fsp3) is 0.727. The Bertz CT molecular complexity index is 367. The van der Waals surface area contributed by atoms with Gasteiger partial charge in [0.2, 0.25) is 0 Å². The fourth-order valence-corrected chi connectivity index (χ4v) is 3.59. The van der Waals surface area contributed by atoms with Crippen LogP contribution in [0.3, 0.4) is 0 Å². The maximum Gasteiger partial charge on any atom is -0.0136 e. The molecule has 22 heavy (non-hydrogen) atoms. The Hall–Kier alpha value is -0.780. The van der Waals surface area contributed by atoms with Gasteiger partial charge in [0, 0.05) is 0 Å². The first-order valence-corrected chi connectivity index (χ1v) is 9.32. The van der Waals surface area contributed by atoms with E-state index in [0.717, 1.165) is 11.8 Å². The molecule has 0 fully saturated rings. The molecule has 1 rings (SSSR count). The van der Waals surface area contributed by atoms with E-state index in [2.05, 4.69) is 79.7 Å². The predicted octanol–water partition coefficient (Wildman–Crippen LogP) is 7.26. The molecule has 2 atom stereocenters. The van der Waals surface area contributed by atoms with Crippen LogP contribution in [0.25, 0.3) is 0 Å². The molecule has 0 heteroatoms. The monoisotopic (exact) mass is 302 g/mol. The summed E-state index contributed by atoms with van der Waals surface area (Å²) in [4.78, 5) is 0. The van der Waals surface area contributed by atoms with Crippen LogP contribution in [0, 0.1) is 23.7 Å². The van der Waals surface area contributed by atoms with Crippen molar-refractivity contribution < 1.29 is 0 Å². The van der Waals surface area contributed by atoms with Crippen LogP contribution in [0.2, 0.25) is 0 Å². The zero-order valence-electron chi connectivity index (χ0n) is 16.2. The molecule has 0 aliphatic rings. The lowest BCUT2D eigenvalue weighted by Gasteiger charge is -2.26. The van der Waals surface area contributed by atoms with Crippen LogP contribution in [-0.2, 0) is 0 Å². The van der Waals surface area contributed by atoms with E-state index < -0.39 is 0 Å². The highest BCUT2D eigenvalue weighted by molar-refractivity contribution is 5.28. The van der Waals surface area contributed by atoms with Gasteiger partial charge in [0.1, 0.15) is 0 Å². The van der Waals surface area contributed by atoms with Crippen LogP contribution in [0.5, 0.6) is 0 Å². The molecule has 0 nitrogen and oxygen atoms in total. The minimum atomic E-state index is 0.691. The second-order valence-corrected chi connectivity index (χ2v) is 8.63. The Morgan fingerprint density at radius 3 is 1.00 bits per heavy atom. The Labute approximate surface area is 139 Å². The van der Waals surface area contributed by atoms with E-state index in [1.54, 1.807) is 0 Å². The Kier molecular flexibility index (Phi) is 7.66. The second-order valence-electron chi connectivity index (χ2n) is 8.63. The summed E-state index contributed by atoms with van der Waals surface area (Å²) in [6, 6.07) is 9.60. The van der Waals surface area contributed by atoms with Crippen molar-refractivity contribution in [2.24, 2.45) is 23.7 Å². The molecule has 0 aliphatic heterocycles. The van der Waals surface area contributed by atoms with E-state index >= 15 is 0 Å². The molecule has 0 bridgehead atoms. The summed E-state index contributed by atoms with van der Waals surface area (Å²) >= 11 is 0. The average molecular weight is 303 g/mol. The topological polar surface area (TPSA) is 0 Å². The van der Waals surface area contributed by atoms with E-state index in [4.69, 9.17) is 0 Å². The molecule has 0 saturated heterocycles. The number of rotatable bonds is 8. The van der Waals surface area contributed by atoms with Gasteiger partial charge in [0.15, 0.2) is 0 Å². The van der Waals surface area contributed by atoms with Crippen LogP contribution in [0.4, 0.5) is 0 Å². The van der Waals surface area contributed by atoms with Gasteiger partial charge in [0.25, 0.3) is 0 Å². The van der Waals surface area contributed by atoms with Crippen LogP contribution >= 0.6 is 0 Å². The third-order valence-corrected chi connectivity index (χ3v) is 4.85. The van der Waals surface area contributed by atoms with E-state index in [-0.39, 0.29) is 0 Å². The van der Waals surface area contributed by atoms with Gasteiger partial charge in [0.05, 0.1) is 0 Å². The maximum absolute atomic E-state index is 2.40. The standard InChI is InChI=1S/C22H38/c1-15(2)13-21(17(5)6)19-9-11-20(12-10-19)22(18(7)8)14-16(3)4/h9-12,15-18,21-22H,13-14H2,1-8H3. The van der Waals surface area contributed by atoms with E-state index in [1.165, 1.54) is 24.0 Å². The first-order valence-electron chi connectivity index (χ1n) is 9.32. The predicted molar refractivity (Wildman–Crippen MR) is 101 cm³/mol. The summed E-state index contributed by atoms with van der Waals surface area (Å²) in [5.74, 6) is 4.33. The van der Waals surface area contributed by atoms with Crippen molar-refractivity contribution in [1.29, 1.82) is 0 Å². The largest absolute Gasteiger partial charge is 0.0628 e. The summed E-state index contributed by atoms with van der Waals surface area (Å²) in [7, 11) is 0. The zero-order valence-corrected chi connectivity index (χ0v) is 16.2. The molecular formula is C22H38. The molecule has 0 N–H and O–H groups in total. The number of hydrogen-bond donors (Lipinski definition) is 0. The molecule has 1 aromatic carbocycles. The average Bonchev–Trinajstić information content (AvgIpc) is 2.41. The van der Waals surface area contributed by atoms with E-state index in [9.17, 15) is 0 Å². The van der Waals surface area contributed by atoms with Crippen molar-refractivity contribution >= 4 is 0 Å². The highest BCUT2D eigenvalue weighted by Crippen LogP contribution is 2.34. The van der Waals surface area contributed by atoms with Crippen LogP contribution in [-0.4, -0.2) is 0 Å². The van der Waals surface area contributed by atoms with Gasteiger partial charge < -0.3 is 0 Å². The van der Waals surface area contributed by atoms with Crippen LogP contribution in [0.15, 0.2) is 24.3 Å². The lowest BCUT2D eigenvalue weighted by Crippen LogP contribution is -2.12. The summed E-state index contributed by atoms with van der Waals surface area (Å²) in [6.45, 7) is 18.8. The molecule has 0 amide bonds. The molecule has 1 aromatic rings. The van der Waals surface area contributed by atoms with Crippen molar-refractivity contribution in [3.05, 3.63) is 35.4 Å². The first kappa shape index (κ1) is 19.3. The van der Waals surface area contributed by atoms with Gasteiger partial charge in [-0.05, 0) is 59.5 Å². The number of benzene rings is 1. The van der Waals surface area contributed by atoms with Crippen LogP contribution < -0.4 is 0 Å². The molecule has 0 aliphatic carbocycles. The third-order valence-electron chi connectivity index (χ3n) is 4.85. The lowest BCUT2D eigenvalue weighted by atomic mass is 9.79. The van der Waals surface area contributed by atoms with Crippen molar-refractivity contribution in [3.63, 3.8) is 0 Å². The molecule has 0 spiro atoms. The minimum absolute atomic E-state index is 0.691. The summed E-state index contributed by atoms with van der Waals surface area (Å²) in [5, 5.41) is 0. The molecule has 126 valence electrons. The van der Waals surface area contributed by atoms with Crippen molar-refractivity contribution in [3.8, 4) is 0 Å². The lowest BCUT2D eigenvalue weighted by molar-refractivity contribution is 0.403. The van der Waals surface area contributed by atoms with Gasteiger partial charge >= 0.3 is 0 Å². The zero-order chi connectivity index (χ0) is 16.9. The normalized spacial score (nSPS) is 15.1. The summed E-state index contributed by atoms with van der Waals surface area (Å²) in [5.41, 5.74) is 3.05. The van der Waals surface area contributed by atoms with Crippen molar-refractivity contribution in [2.45, 2.75) is 80.1 Å². The molecule has 2 unspecified atom stereocenters. The van der Waals surface area contributed by atoms with Gasteiger partial charge in [-0.3, -0.25) is 0 Å². The van der Waals surface area contributed by atoms with Gasteiger partial charge in [-0.1, -0.05) is 79.7 Å². The SMILES string of the molecule is CC(C)CC(c1ccc(C(CC(C)C)C(C)C)cc1)C(C)C. The van der Waals surface area contributed by atoms with Gasteiger partial charge in [-0.15, -0.1) is 0 Å². The van der Waals surface area contributed by atoms with Crippen molar-refractivity contribution in [2.75, 3.05) is 0 Å². The maximum atomic E-state index is 2.40. The third kappa shape index (κ3) is 5.78. The summed E-state index contributed by atoms with van der Waals surface area (Å²) < 4.78 is 0. The molecule has 0 heterocycles.